The first-order valence-electron chi connectivity index (χ1n) is 12.4. The van der Waals surface area contributed by atoms with Crippen molar-refractivity contribution in [3.8, 4) is 0 Å². The first kappa shape index (κ1) is 27.6. The fraction of sp³-hybridized carbons (Fsp3) is 0.300. The van der Waals surface area contributed by atoms with Crippen LogP contribution in [-0.2, 0) is 25.5 Å². The van der Waals surface area contributed by atoms with Crippen LogP contribution in [0.15, 0.2) is 91.0 Å². The van der Waals surface area contributed by atoms with Gasteiger partial charge in [-0.25, -0.2) is 9.59 Å². The third-order valence-corrected chi connectivity index (χ3v) is 5.67. The minimum atomic E-state index is -1.18. The molecule has 7 heteroatoms. The molecule has 2 N–H and O–H groups in total. The molecule has 3 rings (SSSR count). The maximum absolute atomic E-state index is 13.4. The largest absolute Gasteiger partial charge is 0.461 e. The van der Waals surface area contributed by atoms with Gasteiger partial charge in [-0.05, 0) is 50.5 Å². The van der Waals surface area contributed by atoms with Crippen molar-refractivity contribution in [1.82, 2.24) is 10.6 Å². The smallest absolute Gasteiger partial charge is 0.332 e. The van der Waals surface area contributed by atoms with Crippen LogP contribution in [0.5, 0.6) is 0 Å². The van der Waals surface area contributed by atoms with E-state index < -0.39 is 42.1 Å². The maximum Gasteiger partial charge on any atom is 0.332 e. The Morgan fingerprint density at radius 3 is 1.89 bits per heavy atom. The lowest BCUT2D eigenvalue weighted by molar-refractivity contribution is -0.160. The van der Waals surface area contributed by atoms with Crippen molar-refractivity contribution >= 4 is 17.8 Å². The fourth-order valence-corrected chi connectivity index (χ4v) is 3.80. The van der Waals surface area contributed by atoms with Gasteiger partial charge in [-0.15, -0.1) is 0 Å². The van der Waals surface area contributed by atoms with E-state index in [4.69, 9.17) is 9.47 Å². The lowest BCUT2D eigenvalue weighted by Gasteiger charge is -2.27. The van der Waals surface area contributed by atoms with Gasteiger partial charge in [-0.1, -0.05) is 78.9 Å². The van der Waals surface area contributed by atoms with Crippen LogP contribution in [0.1, 0.15) is 48.3 Å². The predicted octanol–water partition coefficient (Wildman–Crippen LogP) is 4.24. The van der Waals surface area contributed by atoms with E-state index in [1.165, 1.54) is 0 Å². The highest BCUT2D eigenvalue weighted by molar-refractivity contribution is 5.97. The van der Waals surface area contributed by atoms with E-state index in [-0.39, 0.29) is 0 Å². The van der Waals surface area contributed by atoms with Gasteiger partial charge in [-0.3, -0.25) is 4.79 Å². The standard InChI is InChI=1S/C30H34N2O5/c1-21(2)36-29(34)26(32-28(33)25-17-11-6-12-18-25)22(3)37-30(35)27(24-15-9-5-10-16-24)31-20-19-23-13-7-4-8-14-23/h4-18,21-22,26-27,31H,19-20H2,1-3H3,(H,32,33)/t22-,26+,27+/m1/s1. The van der Waals surface area contributed by atoms with Crippen molar-refractivity contribution in [2.24, 2.45) is 0 Å². The number of amides is 1. The molecule has 0 unspecified atom stereocenters. The summed E-state index contributed by atoms with van der Waals surface area (Å²) in [7, 11) is 0. The van der Waals surface area contributed by atoms with Crippen molar-refractivity contribution in [3.05, 3.63) is 108 Å². The zero-order chi connectivity index (χ0) is 26.6. The summed E-state index contributed by atoms with van der Waals surface area (Å²) in [6, 6.07) is 25.8. The number of hydrogen-bond donors (Lipinski definition) is 2. The van der Waals surface area contributed by atoms with E-state index in [1.54, 1.807) is 51.1 Å². The number of nitrogens with one attached hydrogen (secondary N) is 2. The molecule has 0 saturated heterocycles. The molecule has 0 aliphatic rings. The number of benzene rings is 3. The Hall–Kier alpha value is -3.97. The highest BCUT2D eigenvalue weighted by Crippen LogP contribution is 2.17. The molecule has 0 fully saturated rings. The van der Waals surface area contributed by atoms with E-state index >= 15 is 0 Å². The quantitative estimate of drug-likeness (QED) is 0.360. The van der Waals surface area contributed by atoms with E-state index in [0.717, 1.165) is 17.5 Å². The second kappa shape index (κ2) is 13.9. The van der Waals surface area contributed by atoms with Crippen LogP contribution >= 0.6 is 0 Å². The van der Waals surface area contributed by atoms with Crippen LogP contribution in [0.2, 0.25) is 0 Å². The van der Waals surface area contributed by atoms with Gasteiger partial charge in [0.2, 0.25) is 0 Å². The Kier molecular flexibility index (Phi) is 10.4. The van der Waals surface area contributed by atoms with Crippen molar-refractivity contribution in [3.63, 3.8) is 0 Å². The number of esters is 2. The number of rotatable bonds is 12. The fourth-order valence-electron chi connectivity index (χ4n) is 3.80. The van der Waals surface area contributed by atoms with Gasteiger partial charge in [0.1, 0.15) is 12.1 Å². The SMILES string of the molecule is CC(C)OC(=O)[C@@H](NC(=O)c1ccccc1)[C@@H](C)OC(=O)[C@@H](NCCc1ccccc1)c1ccccc1. The Morgan fingerprint density at radius 2 is 1.30 bits per heavy atom. The van der Waals surface area contributed by atoms with Crippen LogP contribution < -0.4 is 10.6 Å². The number of ether oxygens (including phenoxy) is 2. The molecule has 37 heavy (non-hydrogen) atoms. The van der Waals surface area contributed by atoms with Gasteiger partial charge in [0.05, 0.1) is 6.10 Å². The highest BCUT2D eigenvalue weighted by atomic mass is 16.6. The summed E-state index contributed by atoms with van der Waals surface area (Å²) in [5.74, 6) is -1.69. The van der Waals surface area contributed by atoms with E-state index in [9.17, 15) is 14.4 Å². The van der Waals surface area contributed by atoms with Crippen molar-refractivity contribution in [2.45, 2.75) is 51.5 Å². The Balaban J connectivity index is 1.74. The van der Waals surface area contributed by atoms with Crippen molar-refractivity contribution in [2.75, 3.05) is 6.54 Å². The average Bonchev–Trinajstić information content (AvgIpc) is 2.90. The molecule has 0 aliphatic carbocycles. The Morgan fingerprint density at radius 1 is 0.730 bits per heavy atom. The second-order valence-electron chi connectivity index (χ2n) is 8.98. The molecule has 1 amide bonds. The summed E-state index contributed by atoms with van der Waals surface area (Å²) in [5, 5.41) is 5.95. The first-order valence-corrected chi connectivity index (χ1v) is 12.4. The van der Waals surface area contributed by atoms with Crippen LogP contribution in [-0.4, -0.2) is 42.6 Å². The second-order valence-corrected chi connectivity index (χ2v) is 8.98. The van der Waals surface area contributed by atoms with Crippen LogP contribution in [0, 0.1) is 0 Å². The molecular formula is C30H34N2O5. The lowest BCUT2D eigenvalue weighted by atomic mass is 10.1. The monoisotopic (exact) mass is 502 g/mol. The van der Waals surface area contributed by atoms with E-state index in [1.807, 2.05) is 60.7 Å². The molecule has 0 heterocycles. The molecule has 7 nitrogen and oxygen atoms in total. The summed E-state index contributed by atoms with van der Waals surface area (Å²) in [4.78, 5) is 39.0. The third-order valence-electron chi connectivity index (χ3n) is 5.67. The molecule has 194 valence electrons. The summed E-state index contributed by atoms with van der Waals surface area (Å²) < 4.78 is 11.1. The number of carbonyl (C=O) groups is 3. The van der Waals surface area contributed by atoms with Gasteiger partial charge in [0, 0.05) is 12.1 Å². The number of hydrogen-bond acceptors (Lipinski definition) is 6. The molecule has 0 spiro atoms. The highest BCUT2D eigenvalue weighted by Gasteiger charge is 2.34. The normalized spacial score (nSPS) is 13.3. The minimum Gasteiger partial charge on any atom is -0.461 e. The maximum atomic E-state index is 13.4. The van der Waals surface area contributed by atoms with E-state index in [2.05, 4.69) is 10.6 Å². The summed E-state index contributed by atoms with van der Waals surface area (Å²) in [5.41, 5.74) is 2.26. The van der Waals surface area contributed by atoms with Gasteiger partial charge < -0.3 is 20.1 Å². The van der Waals surface area contributed by atoms with Gasteiger partial charge in [0.15, 0.2) is 6.04 Å². The van der Waals surface area contributed by atoms with Gasteiger partial charge in [-0.2, -0.15) is 0 Å². The molecule has 0 bridgehead atoms. The molecule has 0 aliphatic heterocycles. The zero-order valence-corrected chi connectivity index (χ0v) is 21.4. The van der Waals surface area contributed by atoms with Gasteiger partial charge in [0.25, 0.3) is 5.91 Å². The molecule has 3 atom stereocenters. The minimum absolute atomic E-state index is 0.383. The first-order chi connectivity index (χ1) is 17.8. The Bertz CT molecular complexity index is 1140. The van der Waals surface area contributed by atoms with Crippen molar-refractivity contribution < 1.29 is 23.9 Å². The van der Waals surface area contributed by atoms with Crippen molar-refractivity contribution in [1.29, 1.82) is 0 Å². The Labute approximate surface area is 218 Å². The third kappa shape index (κ3) is 8.58. The molecular weight excluding hydrogens is 468 g/mol. The van der Waals surface area contributed by atoms with Crippen LogP contribution in [0.3, 0.4) is 0 Å². The molecule has 0 aromatic heterocycles. The average molecular weight is 503 g/mol. The molecule has 0 radical (unpaired) electrons. The molecule has 0 saturated carbocycles. The topological polar surface area (TPSA) is 93.7 Å². The number of carbonyl (C=O) groups excluding carboxylic acids is 3. The molecule has 3 aromatic carbocycles. The van der Waals surface area contributed by atoms with Gasteiger partial charge >= 0.3 is 11.9 Å². The van der Waals surface area contributed by atoms with Crippen LogP contribution in [0.4, 0.5) is 0 Å². The summed E-state index contributed by atoms with van der Waals surface area (Å²) in [6.07, 6.45) is -0.652. The predicted molar refractivity (Wildman–Crippen MR) is 142 cm³/mol. The van der Waals surface area contributed by atoms with E-state index in [0.29, 0.717) is 12.1 Å². The zero-order valence-electron chi connectivity index (χ0n) is 21.4. The summed E-state index contributed by atoms with van der Waals surface area (Å²) in [6.45, 7) is 5.54. The lowest BCUT2D eigenvalue weighted by Crippen LogP contribution is -2.51. The summed E-state index contributed by atoms with van der Waals surface area (Å²) >= 11 is 0. The van der Waals surface area contributed by atoms with Crippen LogP contribution in [0.25, 0.3) is 0 Å². The molecule has 3 aromatic rings.